The molecule has 1 aromatic rings. The molecule has 1 rings (SSSR count). The van der Waals surface area contributed by atoms with E-state index in [1.165, 1.54) is 18.2 Å². The molecule has 0 radical (unpaired) electrons. The van der Waals surface area contributed by atoms with E-state index in [0.717, 1.165) is 0 Å². The number of para-hydroxylation sites is 1. The van der Waals surface area contributed by atoms with Crippen molar-refractivity contribution >= 4 is 10.0 Å². The molecule has 0 saturated carbocycles. The highest BCUT2D eigenvalue weighted by Gasteiger charge is 2.18. The molecule has 15 heavy (non-hydrogen) atoms. The molecule has 1 unspecified atom stereocenters. The molecule has 0 aliphatic carbocycles. The Morgan fingerprint density at radius 3 is 2.60 bits per heavy atom. The number of hydrogen-bond donors (Lipinski definition) is 2. The average molecular weight is 227 g/mol. The van der Waals surface area contributed by atoms with Gasteiger partial charge in [0.1, 0.15) is 10.6 Å². The Bertz CT molecular complexity index is 453. The number of phenols is 1. The number of nitrogens with one attached hydrogen (secondary N) is 1. The molecule has 82 valence electrons. The van der Waals surface area contributed by atoms with Gasteiger partial charge < -0.3 is 5.11 Å². The van der Waals surface area contributed by atoms with Crippen LogP contribution in [0.1, 0.15) is 6.92 Å². The van der Waals surface area contributed by atoms with Crippen LogP contribution in [0.3, 0.4) is 0 Å². The minimum atomic E-state index is -3.67. The van der Waals surface area contributed by atoms with Crippen molar-refractivity contribution in [2.75, 3.05) is 0 Å². The van der Waals surface area contributed by atoms with Crippen LogP contribution in [0.15, 0.2) is 41.8 Å². The van der Waals surface area contributed by atoms with E-state index >= 15 is 0 Å². The molecule has 1 aromatic carbocycles. The molecule has 0 aliphatic rings. The van der Waals surface area contributed by atoms with Crippen molar-refractivity contribution in [2.45, 2.75) is 17.9 Å². The number of rotatable bonds is 4. The number of phenolic OH excluding ortho intramolecular Hbond substituents is 1. The number of sulfonamides is 1. The first-order chi connectivity index (χ1) is 6.97. The molecule has 1 atom stereocenters. The van der Waals surface area contributed by atoms with Crippen LogP contribution in [-0.2, 0) is 10.0 Å². The Labute approximate surface area is 89.3 Å². The first-order valence-corrected chi connectivity index (χ1v) is 5.88. The van der Waals surface area contributed by atoms with Crippen LogP contribution in [0.2, 0.25) is 0 Å². The zero-order valence-electron chi connectivity index (χ0n) is 8.34. The van der Waals surface area contributed by atoms with Gasteiger partial charge >= 0.3 is 0 Å². The summed E-state index contributed by atoms with van der Waals surface area (Å²) in [7, 11) is -3.67. The molecule has 5 heteroatoms. The number of hydrogen-bond acceptors (Lipinski definition) is 3. The van der Waals surface area contributed by atoms with Crippen LogP contribution in [0.25, 0.3) is 0 Å². The van der Waals surface area contributed by atoms with E-state index in [1.807, 2.05) is 0 Å². The summed E-state index contributed by atoms with van der Waals surface area (Å²) in [5.41, 5.74) is 0. The first-order valence-electron chi connectivity index (χ1n) is 4.40. The molecule has 0 amide bonds. The van der Waals surface area contributed by atoms with Crippen LogP contribution in [0.4, 0.5) is 0 Å². The summed E-state index contributed by atoms with van der Waals surface area (Å²) in [4.78, 5) is -0.126. The summed E-state index contributed by atoms with van der Waals surface area (Å²) in [6.45, 7) is 5.13. The highest BCUT2D eigenvalue weighted by Crippen LogP contribution is 2.21. The van der Waals surface area contributed by atoms with Crippen LogP contribution in [0, 0.1) is 0 Å². The quantitative estimate of drug-likeness (QED) is 0.761. The fourth-order valence-corrected chi connectivity index (χ4v) is 2.35. The van der Waals surface area contributed by atoms with Gasteiger partial charge in [-0.2, -0.15) is 0 Å². The molecule has 4 nitrogen and oxygen atoms in total. The lowest BCUT2D eigenvalue weighted by atomic mass is 10.3. The molecular formula is C10H13NO3S. The Kier molecular flexibility index (Phi) is 3.49. The van der Waals surface area contributed by atoms with Gasteiger partial charge in [-0.25, -0.2) is 13.1 Å². The Morgan fingerprint density at radius 2 is 2.07 bits per heavy atom. The maximum absolute atomic E-state index is 11.7. The summed E-state index contributed by atoms with van der Waals surface area (Å²) in [5.74, 6) is -0.263. The number of aromatic hydroxyl groups is 1. The van der Waals surface area contributed by atoms with Crippen molar-refractivity contribution < 1.29 is 13.5 Å². The van der Waals surface area contributed by atoms with E-state index in [9.17, 15) is 13.5 Å². The zero-order valence-corrected chi connectivity index (χ0v) is 9.16. The summed E-state index contributed by atoms with van der Waals surface area (Å²) < 4.78 is 25.8. The van der Waals surface area contributed by atoms with Crippen molar-refractivity contribution in [3.05, 3.63) is 36.9 Å². The third kappa shape index (κ3) is 2.81. The average Bonchev–Trinajstić information content (AvgIpc) is 2.17. The smallest absolute Gasteiger partial charge is 0.244 e. The highest BCUT2D eigenvalue weighted by molar-refractivity contribution is 7.89. The van der Waals surface area contributed by atoms with Crippen molar-refractivity contribution in [3.8, 4) is 5.75 Å². The van der Waals surface area contributed by atoms with E-state index in [0.29, 0.717) is 0 Å². The van der Waals surface area contributed by atoms with E-state index in [-0.39, 0.29) is 16.7 Å². The Hall–Kier alpha value is -1.33. The fourth-order valence-electron chi connectivity index (χ4n) is 1.04. The normalized spacial score (nSPS) is 13.4. The van der Waals surface area contributed by atoms with E-state index in [2.05, 4.69) is 11.3 Å². The minimum Gasteiger partial charge on any atom is -0.507 e. The van der Waals surface area contributed by atoms with Crippen molar-refractivity contribution in [3.63, 3.8) is 0 Å². The van der Waals surface area contributed by atoms with Gasteiger partial charge in [-0.15, -0.1) is 6.58 Å². The summed E-state index contributed by atoms with van der Waals surface area (Å²) in [5, 5.41) is 9.39. The van der Waals surface area contributed by atoms with Gasteiger partial charge in [0.2, 0.25) is 10.0 Å². The van der Waals surface area contributed by atoms with Gasteiger partial charge in [-0.3, -0.25) is 0 Å². The molecular weight excluding hydrogens is 214 g/mol. The molecule has 0 fully saturated rings. The minimum absolute atomic E-state index is 0.126. The van der Waals surface area contributed by atoms with Crippen LogP contribution in [0.5, 0.6) is 5.75 Å². The third-order valence-electron chi connectivity index (χ3n) is 1.85. The largest absolute Gasteiger partial charge is 0.507 e. The van der Waals surface area contributed by atoms with Gasteiger partial charge in [-0.05, 0) is 19.1 Å². The molecule has 0 aliphatic heterocycles. The molecule has 2 N–H and O–H groups in total. The van der Waals surface area contributed by atoms with Crippen molar-refractivity contribution in [2.24, 2.45) is 0 Å². The van der Waals surface area contributed by atoms with Gasteiger partial charge in [0, 0.05) is 6.04 Å². The van der Waals surface area contributed by atoms with Crippen LogP contribution in [-0.4, -0.2) is 19.6 Å². The van der Waals surface area contributed by atoms with Gasteiger partial charge in [0.15, 0.2) is 0 Å². The predicted molar refractivity (Wildman–Crippen MR) is 58.1 cm³/mol. The number of benzene rings is 1. The third-order valence-corrected chi connectivity index (χ3v) is 3.46. The second-order valence-electron chi connectivity index (χ2n) is 3.11. The Morgan fingerprint density at radius 1 is 1.47 bits per heavy atom. The standard InChI is InChI=1S/C10H13NO3S/c1-3-8(2)11-15(13,14)10-7-5-4-6-9(10)12/h3-8,11-12H,1H2,2H3. The fraction of sp³-hybridized carbons (Fsp3) is 0.200. The maximum atomic E-state index is 11.7. The lowest BCUT2D eigenvalue weighted by Gasteiger charge is -2.10. The maximum Gasteiger partial charge on any atom is 0.244 e. The van der Waals surface area contributed by atoms with Crippen LogP contribution >= 0.6 is 0 Å². The molecule has 0 aromatic heterocycles. The van der Waals surface area contributed by atoms with E-state index in [4.69, 9.17) is 0 Å². The van der Waals surface area contributed by atoms with Crippen molar-refractivity contribution in [1.29, 1.82) is 0 Å². The second-order valence-corrected chi connectivity index (χ2v) is 4.80. The van der Waals surface area contributed by atoms with Gasteiger partial charge in [0.05, 0.1) is 0 Å². The zero-order chi connectivity index (χ0) is 11.5. The SMILES string of the molecule is C=CC(C)NS(=O)(=O)c1ccccc1O. The predicted octanol–water partition coefficient (Wildman–Crippen LogP) is 1.25. The molecule has 0 spiro atoms. The lowest BCUT2D eigenvalue weighted by molar-refractivity contribution is 0.457. The molecule has 0 bridgehead atoms. The summed E-state index contributed by atoms with van der Waals surface area (Å²) in [6, 6.07) is 5.40. The van der Waals surface area contributed by atoms with Crippen LogP contribution < -0.4 is 4.72 Å². The first kappa shape index (κ1) is 11.7. The highest BCUT2D eigenvalue weighted by atomic mass is 32.2. The second kappa shape index (κ2) is 4.46. The summed E-state index contributed by atoms with van der Waals surface area (Å²) >= 11 is 0. The topological polar surface area (TPSA) is 66.4 Å². The summed E-state index contributed by atoms with van der Waals surface area (Å²) in [6.07, 6.45) is 1.47. The van der Waals surface area contributed by atoms with E-state index < -0.39 is 10.0 Å². The van der Waals surface area contributed by atoms with E-state index in [1.54, 1.807) is 19.1 Å². The Balaban J connectivity index is 3.07. The van der Waals surface area contributed by atoms with Gasteiger partial charge in [-0.1, -0.05) is 18.2 Å². The molecule has 0 saturated heterocycles. The van der Waals surface area contributed by atoms with Crippen molar-refractivity contribution in [1.82, 2.24) is 4.72 Å². The molecule has 0 heterocycles. The lowest BCUT2D eigenvalue weighted by Crippen LogP contribution is -2.30. The monoisotopic (exact) mass is 227 g/mol. The van der Waals surface area contributed by atoms with Gasteiger partial charge in [0.25, 0.3) is 0 Å².